The van der Waals surface area contributed by atoms with Crippen LogP contribution in [0.15, 0.2) is 41.4 Å². The molecule has 0 spiro atoms. The molecule has 2 aromatic carbocycles. The summed E-state index contributed by atoms with van der Waals surface area (Å²) < 4.78 is 57.1. The summed E-state index contributed by atoms with van der Waals surface area (Å²) in [6.07, 6.45) is 0. The first-order valence-corrected chi connectivity index (χ1v) is 8.40. The Hall–Kier alpha value is -2.54. The van der Waals surface area contributed by atoms with Crippen molar-refractivity contribution in [2.24, 2.45) is 4.99 Å². The van der Waals surface area contributed by atoms with Crippen molar-refractivity contribution in [2.45, 2.75) is 25.3 Å². The molecule has 0 bridgehead atoms. The molecule has 1 aromatic heterocycles. The fourth-order valence-electron chi connectivity index (χ4n) is 3.12. The van der Waals surface area contributed by atoms with Crippen LogP contribution in [-0.4, -0.2) is 21.4 Å². The molecule has 0 aliphatic carbocycles. The monoisotopic (exact) mass is 393 g/mol. The number of rotatable bonds is 1. The van der Waals surface area contributed by atoms with E-state index < -0.39 is 23.1 Å². The minimum atomic E-state index is -3.30. The molecule has 1 aliphatic rings. The molecular weight excluding hydrogens is 382 g/mol. The molecule has 0 saturated carbocycles. The summed E-state index contributed by atoms with van der Waals surface area (Å²) >= 11 is 6.08. The van der Waals surface area contributed by atoms with Gasteiger partial charge in [0, 0.05) is 10.9 Å². The highest BCUT2D eigenvalue weighted by molar-refractivity contribution is 6.32. The summed E-state index contributed by atoms with van der Waals surface area (Å²) in [5.41, 5.74) is -1.91. The van der Waals surface area contributed by atoms with Crippen LogP contribution in [0.1, 0.15) is 30.7 Å². The fourth-order valence-corrected chi connectivity index (χ4v) is 3.41. The average molecular weight is 394 g/mol. The van der Waals surface area contributed by atoms with Crippen molar-refractivity contribution in [3.63, 3.8) is 0 Å². The molecular formula is C19H12ClF4N3. The van der Waals surface area contributed by atoms with E-state index in [1.165, 1.54) is 44.2 Å². The summed E-state index contributed by atoms with van der Waals surface area (Å²) in [5, 5.41) is 7.82. The van der Waals surface area contributed by atoms with Crippen molar-refractivity contribution >= 4 is 28.2 Å². The van der Waals surface area contributed by atoms with Crippen LogP contribution < -0.4 is 0 Å². The lowest BCUT2D eigenvalue weighted by Crippen LogP contribution is -2.44. The lowest BCUT2D eigenvalue weighted by Gasteiger charge is -2.37. The predicted molar refractivity (Wildman–Crippen MR) is 94.5 cm³/mol. The van der Waals surface area contributed by atoms with Gasteiger partial charge in [0.05, 0.1) is 16.3 Å². The topological polar surface area (TPSA) is 38.1 Å². The van der Waals surface area contributed by atoms with E-state index in [1.54, 1.807) is 0 Å². The molecule has 0 amide bonds. The van der Waals surface area contributed by atoms with Gasteiger partial charge in [-0.2, -0.15) is 8.78 Å². The van der Waals surface area contributed by atoms with Gasteiger partial charge in [-0.3, -0.25) is 4.99 Å². The molecule has 0 fully saturated rings. The molecule has 3 aromatic rings. The summed E-state index contributed by atoms with van der Waals surface area (Å²) in [7, 11) is 0. The molecule has 27 heavy (non-hydrogen) atoms. The molecule has 2 heterocycles. The van der Waals surface area contributed by atoms with E-state index in [0.29, 0.717) is 0 Å². The molecule has 3 nitrogen and oxygen atoms in total. The van der Waals surface area contributed by atoms with Crippen LogP contribution in [0, 0.1) is 11.6 Å². The van der Waals surface area contributed by atoms with Crippen molar-refractivity contribution in [1.29, 1.82) is 0 Å². The number of benzene rings is 2. The molecule has 4 rings (SSSR count). The third-order valence-corrected chi connectivity index (χ3v) is 4.95. The SMILES string of the molecule is CC1(C)N=C(c2cc3ccc(F)c(F)c3nn2)c2cccc(Cl)c2C1(F)F. The summed E-state index contributed by atoms with van der Waals surface area (Å²) in [5.74, 6) is -5.46. The van der Waals surface area contributed by atoms with Gasteiger partial charge in [0.15, 0.2) is 11.6 Å². The second-order valence-electron chi connectivity index (χ2n) is 6.78. The summed E-state index contributed by atoms with van der Waals surface area (Å²) in [6, 6.07) is 8.14. The van der Waals surface area contributed by atoms with E-state index in [2.05, 4.69) is 15.2 Å². The van der Waals surface area contributed by atoms with Gasteiger partial charge in [0.1, 0.15) is 16.7 Å². The normalized spacial score (nSPS) is 17.5. The number of alkyl halides is 2. The lowest BCUT2D eigenvalue weighted by atomic mass is 9.82. The second kappa shape index (κ2) is 5.73. The zero-order chi connectivity index (χ0) is 19.6. The van der Waals surface area contributed by atoms with E-state index in [1.807, 2.05) is 0 Å². The third kappa shape index (κ3) is 2.52. The Labute approximate surface area is 156 Å². The van der Waals surface area contributed by atoms with Gasteiger partial charge >= 0.3 is 0 Å². The van der Waals surface area contributed by atoms with Crippen LogP contribution in [0.3, 0.4) is 0 Å². The van der Waals surface area contributed by atoms with Crippen molar-refractivity contribution in [3.05, 3.63) is 69.9 Å². The van der Waals surface area contributed by atoms with E-state index in [9.17, 15) is 17.6 Å². The number of halogens is 5. The third-order valence-electron chi connectivity index (χ3n) is 4.64. The zero-order valence-corrected chi connectivity index (χ0v) is 15.0. The van der Waals surface area contributed by atoms with Crippen LogP contribution in [0.25, 0.3) is 10.9 Å². The number of nitrogens with zero attached hydrogens (tertiary/aromatic N) is 3. The first-order chi connectivity index (χ1) is 12.6. The molecule has 138 valence electrons. The molecule has 0 unspecified atom stereocenters. The van der Waals surface area contributed by atoms with Crippen molar-refractivity contribution < 1.29 is 17.6 Å². The first kappa shape index (κ1) is 17.9. The Bertz CT molecular complexity index is 1130. The van der Waals surface area contributed by atoms with Crippen LogP contribution in [0.4, 0.5) is 17.6 Å². The van der Waals surface area contributed by atoms with Crippen LogP contribution in [0.5, 0.6) is 0 Å². The minimum Gasteiger partial charge on any atom is -0.270 e. The van der Waals surface area contributed by atoms with E-state index in [4.69, 9.17) is 11.6 Å². The fraction of sp³-hybridized carbons (Fsp3) is 0.211. The van der Waals surface area contributed by atoms with E-state index in [-0.39, 0.29) is 38.5 Å². The Morgan fingerprint density at radius 2 is 1.74 bits per heavy atom. The highest BCUT2D eigenvalue weighted by Crippen LogP contribution is 2.49. The van der Waals surface area contributed by atoms with Crippen molar-refractivity contribution in [1.82, 2.24) is 10.2 Å². The van der Waals surface area contributed by atoms with Crippen LogP contribution in [0.2, 0.25) is 5.02 Å². The largest absolute Gasteiger partial charge is 0.299 e. The standard InChI is InChI=1S/C19H12ClF4N3/c1-18(2)19(23,24)14-10(4-3-5-11(14)20)17(25-18)13-8-9-6-7-12(21)15(22)16(9)27-26-13/h3-8H,1-2H3. The molecule has 0 N–H and O–H groups in total. The maximum atomic E-state index is 15.0. The first-order valence-electron chi connectivity index (χ1n) is 8.02. The van der Waals surface area contributed by atoms with E-state index in [0.717, 1.165) is 6.07 Å². The number of fused-ring (bicyclic) bond motifs is 2. The zero-order valence-electron chi connectivity index (χ0n) is 14.2. The Kier molecular flexibility index (Phi) is 3.79. The van der Waals surface area contributed by atoms with Gasteiger partial charge in [0.2, 0.25) is 0 Å². The van der Waals surface area contributed by atoms with Gasteiger partial charge in [0.25, 0.3) is 5.92 Å². The molecule has 8 heteroatoms. The van der Waals surface area contributed by atoms with Crippen molar-refractivity contribution in [3.8, 4) is 0 Å². The highest BCUT2D eigenvalue weighted by atomic mass is 35.5. The van der Waals surface area contributed by atoms with Gasteiger partial charge in [-0.1, -0.05) is 23.7 Å². The Morgan fingerprint density at radius 3 is 2.48 bits per heavy atom. The number of hydrogen-bond acceptors (Lipinski definition) is 3. The predicted octanol–water partition coefficient (Wildman–Crippen LogP) is 5.28. The number of aromatic nitrogens is 2. The Balaban J connectivity index is 1.99. The summed E-state index contributed by atoms with van der Waals surface area (Å²) in [4.78, 5) is 4.20. The number of aliphatic imine (C=N–C) groups is 1. The maximum absolute atomic E-state index is 15.0. The molecule has 1 aliphatic heterocycles. The average Bonchev–Trinajstić information content (AvgIpc) is 2.61. The van der Waals surface area contributed by atoms with Crippen LogP contribution >= 0.6 is 11.6 Å². The van der Waals surface area contributed by atoms with Gasteiger partial charge in [-0.15, -0.1) is 10.2 Å². The maximum Gasteiger partial charge on any atom is 0.299 e. The van der Waals surface area contributed by atoms with Gasteiger partial charge in [-0.05, 0) is 38.1 Å². The Morgan fingerprint density at radius 1 is 1.00 bits per heavy atom. The summed E-state index contributed by atoms with van der Waals surface area (Å²) in [6.45, 7) is 2.59. The quantitative estimate of drug-likeness (QED) is 0.527. The highest BCUT2D eigenvalue weighted by Gasteiger charge is 2.54. The molecule has 0 radical (unpaired) electrons. The smallest absolute Gasteiger partial charge is 0.270 e. The van der Waals surface area contributed by atoms with E-state index >= 15 is 0 Å². The molecule has 0 saturated heterocycles. The van der Waals surface area contributed by atoms with Gasteiger partial charge < -0.3 is 0 Å². The second-order valence-corrected chi connectivity index (χ2v) is 7.19. The van der Waals surface area contributed by atoms with Crippen LogP contribution in [-0.2, 0) is 5.92 Å². The van der Waals surface area contributed by atoms with Gasteiger partial charge in [-0.25, -0.2) is 8.78 Å². The number of hydrogen-bond donors (Lipinski definition) is 0. The lowest BCUT2D eigenvalue weighted by molar-refractivity contribution is -0.0681. The minimum absolute atomic E-state index is 0.0835. The molecule has 0 atom stereocenters. The van der Waals surface area contributed by atoms with Crippen molar-refractivity contribution in [2.75, 3.05) is 0 Å².